The van der Waals surface area contributed by atoms with Gasteiger partial charge in [-0.05, 0) is 44.7 Å². The third-order valence-corrected chi connectivity index (χ3v) is 5.08. The zero-order chi connectivity index (χ0) is 18.4. The van der Waals surface area contributed by atoms with E-state index >= 15 is 0 Å². The Hall–Kier alpha value is -2.31. The number of ether oxygens (including phenoxy) is 1. The highest BCUT2D eigenvalue weighted by Crippen LogP contribution is 2.22. The zero-order valence-corrected chi connectivity index (χ0v) is 15.4. The van der Waals surface area contributed by atoms with E-state index in [2.05, 4.69) is 15.6 Å². The first-order chi connectivity index (χ1) is 12.7. The molecule has 0 aromatic carbocycles. The lowest BCUT2D eigenvalue weighted by Gasteiger charge is -2.31. The molecule has 1 saturated carbocycles. The lowest BCUT2D eigenvalue weighted by molar-refractivity contribution is 0.0856. The number of hydrogen-bond donors (Lipinski definition) is 2. The van der Waals surface area contributed by atoms with Crippen LogP contribution in [0.3, 0.4) is 0 Å². The van der Waals surface area contributed by atoms with Crippen molar-refractivity contribution in [1.29, 1.82) is 0 Å². The standard InChI is InChI=1S/C19H28N4O3/c1-2-26-19(25)23-11-9-15(10-12-23)22-18(24)17-8-7-16(13-20-17)21-14-5-3-4-6-14/h7-8,13-15,21H,2-6,9-12H2,1H3,(H,22,24). The van der Waals surface area contributed by atoms with E-state index in [1.807, 2.05) is 6.07 Å². The van der Waals surface area contributed by atoms with Crippen LogP contribution >= 0.6 is 0 Å². The van der Waals surface area contributed by atoms with Crippen molar-refractivity contribution in [3.05, 3.63) is 24.0 Å². The first-order valence-corrected chi connectivity index (χ1v) is 9.61. The van der Waals surface area contributed by atoms with E-state index in [9.17, 15) is 9.59 Å². The molecule has 0 unspecified atom stereocenters. The molecular formula is C19H28N4O3. The third-order valence-electron chi connectivity index (χ3n) is 5.08. The second-order valence-corrected chi connectivity index (χ2v) is 6.99. The molecule has 2 fully saturated rings. The van der Waals surface area contributed by atoms with Crippen LogP contribution in [0.2, 0.25) is 0 Å². The molecule has 1 aromatic heterocycles. The number of nitrogens with one attached hydrogen (secondary N) is 2. The molecule has 1 aromatic rings. The average Bonchev–Trinajstić information content (AvgIpc) is 3.16. The van der Waals surface area contributed by atoms with Gasteiger partial charge in [-0.15, -0.1) is 0 Å². The van der Waals surface area contributed by atoms with Crippen molar-refractivity contribution >= 4 is 17.7 Å². The molecule has 1 saturated heterocycles. The summed E-state index contributed by atoms with van der Waals surface area (Å²) in [7, 11) is 0. The minimum atomic E-state index is -0.274. The molecule has 26 heavy (non-hydrogen) atoms. The van der Waals surface area contributed by atoms with Gasteiger partial charge in [-0.25, -0.2) is 9.78 Å². The second-order valence-electron chi connectivity index (χ2n) is 6.99. The Kier molecular flexibility index (Phi) is 6.30. The number of amides is 2. The quantitative estimate of drug-likeness (QED) is 0.844. The highest BCUT2D eigenvalue weighted by Gasteiger charge is 2.25. The molecule has 142 valence electrons. The van der Waals surface area contributed by atoms with Gasteiger partial charge >= 0.3 is 6.09 Å². The van der Waals surface area contributed by atoms with E-state index in [0.29, 0.717) is 31.4 Å². The van der Waals surface area contributed by atoms with Gasteiger partial charge < -0.3 is 20.3 Å². The van der Waals surface area contributed by atoms with Crippen LogP contribution in [0.1, 0.15) is 55.9 Å². The minimum Gasteiger partial charge on any atom is -0.450 e. The molecule has 3 rings (SSSR count). The molecule has 2 amide bonds. The minimum absolute atomic E-state index is 0.0614. The predicted molar refractivity (Wildman–Crippen MR) is 99.2 cm³/mol. The van der Waals surface area contributed by atoms with Crippen LogP contribution in [-0.4, -0.2) is 53.7 Å². The summed E-state index contributed by atoms with van der Waals surface area (Å²) in [5.74, 6) is -0.160. The van der Waals surface area contributed by atoms with E-state index < -0.39 is 0 Å². The summed E-state index contributed by atoms with van der Waals surface area (Å²) in [5, 5.41) is 6.49. The Labute approximate surface area is 154 Å². The van der Waals surface area contributed by atoms with Crippen LogP contribution in [0, 0.1) is 0 Å². The first-order valence-electron chi connectivity index (χ1n) is 9.61. The molecule has 1 aliphatic heterocycles. The lowest BCUT2D eigenvalue weighted by Crippen LogP contribution is -2.46. The van der Waals surface area contributed by atoms with Crippen LogP contribution in [0.25, 0.3) is 0 Å². The molecule has 2 heterocycles. The zero-order valence-electron chi connectivity index (χ0n) is 15.4. The van der Waals surface area contributed by atoms with Gasteiger partial charge in [0.1, 0.15) is 5.69 Å². The number of anilines is 1. The molecule has 0 radical (unpaired) electrons. The van der Waals surface area contributed by atoms with Crippen LogP contribution in [0.4, 0.5) is 10.5 Å². The Morgan fingerprint density at radius 2 is 1.88 bits per heavy atom. The summed E-state index contributed by atoms with van der Waals surface area (Å²) < 4.78 is 5.01. The highest BCUT2D eigenvalue weighted by atomic mass is 16.6. The SMILES string of the molecule is CCOC(=O)N1CCC(NC(=O)c2ccc(NC3CCCC3)cn2)CC1. The summed E-state index contributed by atoms with van der Waals surface area (Å²) in [6.07, 6.45) is 7.87. The van der Waals surface area contributed by atoms with Crippen molar-refractivity contribution in [3.63, 3.8) is 0 Å². The number of aromatic nitrogens is 1. The second kappa shape index (κ2) is 8.87. The van der Waals surface area contributed by atoms with Crippen molar-refractivity contribution in [3.8, 4) is 0 Å². The smallest absolute Gasteiger partial charge is 0.409 e. The van der Waals surface area contributed by atoms with Crippen LogP contribution in [0.15, 0.2) is 18.3 Å². The molecule has 7 nitrogen and oxygen atoms in total. The summed E-state index contributed by atoms with van der Waals surface area (Å²) in [5.41, 5.74) is 1.39. The molecular weight excluding hydrogens is 332 g/mol. The van der Waals surface area contributed by atoms with E-state index in [1.54, 1.807) is 24.1 Å². The topological polar surface area (TPSA) is 83.6 Å². The van der Waals surface area contributed by atoms with Gasteiger partial charge in [0.05, 0.1) is 18.5 Å². The first kappa shape index (κ1) is 18.5. The fourth-order valence-electron chi connectivity index (χ4n) is 3.60. The van der Waals surface area contributed by atoms with E-state index in [4.69, 9.17) is 4.74 Å². The largest absolute Gasteiger partial charge is 0.450 e. The van der Waals surface area contributed by atoms with E-state index in [0.717, 1.165) is 18.5 Å². The van der Waals surface area contributed by atoms with Gasteiger partial charge in [0.2, 0.25) is 0 Å². The number of hydrogen-bond acceptors (Lipinski definition) is 5. The summed E-state index contributed by atoms with van der Waals surface area (Å²) in [6.45, 7) is 3.38. The molecule has 0 atom stereocenters. The Morgan fingerprint density at radius 3 is 2.50 bits per heavy atom. The maximum atomic E-state index is 12.4. The maximum Gasteiger partial charge on any atom is 0.409 e. The maximum absolute atomic E-state index is 12.4. The Balaban J connectivity index is 1.45. The number of likely N-dealkylation sites (tertiary alicyclic amines) is 1. The molecule has 1 aliphatic carbocycles. The van der Waals surface area contributed by atoms with Crippen molar-refractivity contribution in [2.24, 2.45) is 0 Å². The van der Waals surface area contributed by atoms with Crippen molar-refractivity contribution in [1.82, 2.24) is 15.2 Å². The normalized spacial score (nSPS) is 18.6. The van der Waals surface area contributed by atoms with Crippen molar-refractivity contribution in [2.45, 2.75) is 57.5 Å². The van der Waals surface area contributed by atoms with Gasteiger partial charge in [0.25, 0.3) is 5.91 Å². The lowest BCUT2D eigenvalue weighted by atomic mass is 10.1. The Morgan fingerprint density at radius 1 is 1.15 bits per heavy atom. The van der Waals surface area contributed by atoms with Crippen LogP contribution in [0.5, 0.6) is 0 Å². The molecule has 2 aliphatic rings. The number of nitrogens with zero attached hydrogens (tertiary/aromatic N) is 2. The van der Waals surface area contributed by atoms with E-state index in [-0.39, 0.29) is 18.0 Å². The van der Waals surface area contributed by atoms with Gasteiger partial charge in [-0.1, -0.05) is 12.8 Å². The van der Waals surface area contributed by atoms with Gasteiger partial charge in [-0.2, -0.15) is 0 Å². The van der Waals surface area contributed by atoms with Crippen LogP contribution < -0.4 is 10.6 Å². The molecule has 2 N–H and O–H groups in total. The predicted octanol–water partition coefficient (Wildman–Crippen LogP) is 2.79. The number of carbonyl (C=O) groups excluding carboxylic acids is 2. The van der Waals surface area contributed by atoms with Gasteiger partial charge in [0.15, 0.2) is 0 Å². The number of carbonyl (C=O) groups is 2. The fraction of sp³-hybridized carbons (Fsp3) is 0.632. The van der Waals surface area contributed by atoms with Gasteiger partial charge in [-0.3, -0.25) is 4.79 Å². The highest BCUT2D eigenvalue weighted by molar-refractivity contribution is 5.92. The van der Waals surface area contributed by atoms with Crippen molar-refractivity contribution in [2.75, 3.05) is 25.0 Å². The monoisotopic (exact) mass is 360 g/mol. The number of pyridine rings is 1. The van der Waals surface area contributed by atoms with Crippen LogP contribution in [-0.2, 0) is 4.74 Å². The summed E-state index contributed by atoms with van der Waals surface area (Å²) >= 11 is 0. The van der Waals surface area contributed by atoms with E-state index in [1.165, 1.54) is 25.7 Å². The van der Waals surface area contributed by atoms with Crippen molar-refractivity contribution < 1.29 is 14.3 Å². The Bertz CT molecular complexity index is 606. The third kappa shape index (κ3) is 4.86. The summed E-state index contributed by atoms with van der Waals surface area (Å²) in [6, 6.07) is 4.27. The number of rotatable bonds is 5. The number of piperidine rings is 1. The molecule has 7 heteroatoms. The fourth-order valence-corrected chi connectivity index (χ4v) is 3.60. The van der Waals surface area contributed by atoms with Gasteiger partial charge in [0, 0.05) is 25.2 Å². The molecule has 0 spiro atoms. The summed E-state index contributed by atoms with van der Waals surface area (Å²) in [4.78, 5) is 30.1. The average molecular weight is 360 g/mol. The molecule has 0 bridgehead atoms.